The highest BCUT2D eigenvalue weighted by Gasteiger charge is 2.17. The highest BCUT2D eigenvalue weighted by atomic mass is 16.5. The summed E-state index contributed by atoms with van der Waals surface area (Å²) in [6, 6.07) is 12.5. The van der Waals surface area contributed by atoms with Crippen LogP contribution in [0.1, 0.15) is 196 Å². The molecule has 1 aliphatic rings. The Morgan fingerprint density at radius 3 is 1.12 bits per heavy atom. The molecule has 2 aromatic rings. The molecule has 452 valence electrons. The van der Waals surface area contributed by atoms with Crippen molar-refractivity contribution >= 4 is 0 Å². The second-order valence-corrected chi connectivity index (χ2v) is 23.7. The van der Waals surface area contributed by atoms with Crippen LogP contribution >= 0.6 is 0 Å². The van der Waals surface area contributed by atoms with Gasteiger partial charge in [-0.1, -0.05) is 117 Å². The van der Waals surface area contributed by atoms with Crippen molar-refractivity contribution in [1.29, 1.82) is 0 Å². The second kappa shape index (κ2) is 42.9. The molecule has 0 saturated carbocycles. The van der Waals surface area contributed by atoms with Crippen molar-refractivity contribution in [2.24, 2.45) is 0 Å². The summed E-state index contributed by atoms with van der Waals surface area (Å²) in [5.41, 5.74) is 16.0. The zero-order valence-corrected chi connectivity index (χ0v) is 54.1. The predicted molar refractivity (Wildman–Crippen MR) is 352 cm³/mol. The van der Waals surface area contributed by atoms with Gasteiger partial charge in [0.05, 0.1) is 28.4 Å². The second-order valence-electron chi connectivity index (χ2n) is 23.7. The van der Waals surface area contributed by atoms with Crippen LogP contribution in [0.4, 0.5) is 0 Å². The van der Waals surface area contributed by atoms with Gasteiger partial charge in [0.15, 0.2) is 23.0 Å². The molecule has 1 fully saturated rings. The predicted octanol–water partition coefficient (Wildman–Crippen LogP) is 18.5. The topological polar surface area (TPSA) is 58.7 Å². The van der Waals surface area contributed by atoms with Crippen molar-refractivity contribution in [2.75, 3.05) is 87.3 Å². The van der Waals surface area contributed by atoms with Gasteiger partial charge in [-0.3, -0.25) is 4.90 Å². The molecule has 2 aromatic carbocycles. The summed E-state index contributed by atoms with van der Waals surface area (Å²) in [5.74, 6) is 3.11. The first kappa shape index (κ1) is 70.4. The summed E-state index contributed by atoms with van der Waals surface area (Å²) in [7, 11) is 6.78. The lowest BCUT2D eigenvalue weighted by molar-refractivity contribution is 0.126. The number of nitrogens with one attached hydrogen (secondary N) is 1. The molecular formula is C73H116N4O4. The monoisotopic (exact) mass is 1110 g/mol. The first-order valence-electron chi connectivity index (χ1n) is 31.3. The summed E-state index contributed by atoms with van der Waals surface area (Å²) < 4.78 is 22.1. The number of piperazine rings is 1. The fourth-order valence-electron chi connectivity index (χ4n) is 10.4. The zero-order chi connectivity index (χ0) is 59.0. The molecule has 81 heavy (non-hydrogen) atoms. The molecule has 0 aliphatic carbocycles. The molecule has 1 heterocycles. The fraction of sp³-hybridized carbons (Fsp3) is 0.589. The van der Waals surface area contributed by atoms with Crippen LogP contribution in [0.25, 0.3) is 0 Å². The maximum absolute atomic E-state index is 5.68. The Hall–Kier alpha value is -4.86. The molecule has 3 rings (SSSR count). The largest absolute Gasteiger partial charge is 0.493 e. The third kappa shape index (κ3) is 33.1. The Balaban J connectivity index is 1.32. The Bertz CT molecular complexity index is 2370. The Kier molecular flexibility index (Phi) is 37.3. The smallest absolute Gasteiger partial charge is 0.161 e. The third-order valence-electron chi connectivity index (χ3n) is 15.9. The third-order valence-corrected chi connectivity index (χ3v) is 15.9. The SMILES string of the molecule is COc1ccc(CNCCCN2CCN(CCCN(C/C=C(\C)CC/C=C(\C)CC/C=C(\C)CC/C=C(\C)CC/C=C(\C)CC/C=C(\C)CC/C=C(\C)CC/C=C(\C)CCC=C(C)C)Cc3ccc(OC)c(OC)c3)CC2)cc1OC. The molecule has 0 unspecified atom stereocenters. The number of hydrogen-bond donors (Lipinski definition) is 1. The molecule has 0 amide bonds. The summed E-state index contributed by atoms with van der Waals surface area (Å²) in [5, 5.41) is 3.61. The quantitative estimate of drug-likeness (QED) is 0.0521. The Morgan fingerprint density at radius 2 is 0.753 bits per heavy atom. The maximum atomic E-state index is 5.68. The van der Waals surface area contributed by atoms with Crippen molar-refractivity contribution in [3.05, 3.63) is 152 Å². The molecule has 0 spiro atoms. The van der Waals surface area contributed by atoms with Gasteiger partial charge in [0.1, 0.15) is 0 Å². The molecule has 8 heteroatoms. The van der Waals surface area contributed by atoms with Gasteiger partial charge < -0.3 is 34.1 Å². The van der Waals surface area contributed by atoms with E-state index < -0.39 is 0 Å². The lowest BCUT2D eigenvalue weighted by Gasteiger charge is -2.35. The minimum Gasteiger partial charge on any atom is -0.493 e. The van der Waals surface area contributed by atoms with Gasteiger partial charge in [-0.15, -0.1) is 0 Å². The number of methoxy groups -OCH3 is 4. The minimum atomic E-state index is 0.768. The minimum absolute atomic E-state index is 0.768. The molecule has 0 radical (unpaired) electrons. The highest BCUT2D eigenvalue weighted by molar-refractivity contribution is 5.43. The highest BCUT2D eigenvalue weighted by Crippen LogP contribution is 2.29. The molecule has 0 bridgehead atoms. The average molecular weight is 1110 g/mol. The zero-order valence-electron chi connectivity index (χ0n) is 54.1. The number of benzene rings is 2. The van der Waals surface area contributed by atoms with E-state index in [1.54, 1.807) is 28.4 Å². The average Bonchev–Trinajstić information content (AvgIpc) is 3.45. The standard InChI is InChI=1S/C73H116N4O4/c1-59(2)25-15-26-60(3)27-16-28-61(4)29-17-30-62(5)31-18-32-63(6)33-19-34-64(7)35-20-36-65(8)37-21-38-66(9)39-22-40-67(10)45-50-77(58-69-42-44-71(79-12)73(56-69)81-14)49-24-48-76-53-51-75(52-54-76)47-23-46-74-57-68-41-43-70(78-11)72(55-68)80-13/h25,27,29,31,33,35,37,39,41-45,55-56,74H,15-24,26,28,30,32,34,36,38,40,46-54,57-58H2,1-14H3/b60-27+,61-29+,62-31+,63-33+,64-35+,65-37+,66-39+,67-45+. The summed E-state index contributed by atoms with van der Waals surface area (Å²) >= 11 is 0. The van der Waals surface area contributed by atoms with Crippen LogP contribution in [0.2, 0.25) is 0 Å². The van der Waals surface area contributed by atoms with E-state index in [1.165, 1.54) is 87.0 Å². The Labute approximate surface area is 497 Å². The van der Waals surface area contributed by atoms with E-state index in [0.29, 0.717) is 0 Å². The molecule has 8 nitrogen and oxygen atoms in total. The van der Waals surface area contributed by atoms with Gasteiger partial charge in [-0.05, 0) is 240 Å². The first-order valence-corrected chi connectivity index (χ1v) is 31.3. The van der Waals surface area contributed by atoms with E-state index in [2.05, 4.69) is 168 Å². The number of rotatable bonds is 42. The van der Waals surface area contributed by atoms with E-state index in [0.717, 1.165) is 185 Å². The van der Waals surface area contributed by atoms with Crippen LogP contribution < -0.4 is 24.3 Å². The molecule has 1 N–H and O–H groups in total. The molecule has 0 atom stereocenters. The van der Waals surface area contributed by atoms with Gasteiger partial charge in [0.2, 0.25) is 0 Å². The summed E-state index contributed by atoms with van der Waals surface area (Å²) in [6.07, 6.45) is 42.7. The molecule has 1 saturated heterocycles. The van der Waals surface area contributed by atoms with Crippen molar-refractivity contribution < 1.29 is 18.9 Å². The van der Waals surface area contributed by atoms with Crippen LogP contribution in [0.3, 0.4) is 0 Å². The van der Waals surface area contributed by atoms with E-state index in [1.807, 2.05) is 12.1 Å². The number of nitrogens with zero attached hydrogens (tertiary/aromatic N) is 3. The van der Waals surface area contributed by atoms with Crippen LogP contribution in [0, 0.1) is 0 Å². The lowest BCUT2D eigenvalue weighted by atomic mass is 10.0. The van der Waals surface area contributed by atoms with Gasteiger partial charge in [0, 0.05) is 52.4 Å². The molecule has 1 aliphatic heterocycles. The van der Waals surface area contributed by atoms with Crippen LogP contribution in [0.5, 0.6) is 23.0 Å². The van der Waals surface area contributed by atoms with Gasteiger partial charge in [0.25, 0.3) is 0 Å². The lowest BCUT2D eigenvalue weighted by Crippen LogP contribution is -2.47. The molecular weight excluding hydrogens is 997 g/mol. The normalized spacial score (nSPS) is 15.0. The van der Waals surface area contributed by atoms with Gasteiger partial charge in [-0.25, -0.2) is 0 Å². The van der Waals surface area contributed by atoms with Crippen LogP contribution in [-0.2, 0) is 13.1 Å². The fourth-order valence-corrected chi connectivity index (χ4v) is 10.4. The van der Waals surface area contributed by atoms with Crippen molar-refractivity contribution in [2.45, 2.75) is 198 Å². The number of hydrogen-bond acceptors (Lipinski definition) is 8. The van der Waals surface area contributed by atoms with E-state index in [9.17, 15) is 0 Å². The van der Waals surface area contributed by atoms with Crippen molar-refractivity contribution in [3.8, 4) is 23.0 Å². The first-order chi connectivity index (χ1) is 39.1. The van der Waals surface area contributed by atoms with Gasteiger partial charge in [-0.2, -0.15) is 0 Å². The van der Waals surface area contributed by atoms with Crippen molar-refractivity contribution in [1.82, 2.24) is 20.0 Å². The summed E-state index contributed by atoms with van der Waals surface area (Å²) in [4.78, 5) is 7.88. The van der Waals surface area contributed by atoms with Gasteiger partial charge >= 0.3 is 0 Å². The maximum Gasteiger partial charge on any atom is 0.161 e. The molecule has 0 aromatic heterocycles. The van der Waals surface area contributed by atoms with E-state index in [4.69, 9.17) is 18.9 Å². The number of ether oxygens (including phenoxy) is 4. The van der Waals surface area contributed by atoms with E-state index >= 15 is 0 Å². The van der Waals surface area contributed by atoms with E-state index in [-0.39, 0.29) is 0 Å². The number of allylic oxidation sites excluding steroid dienone is 17. The summed E-state index contributed by atoms with van der Waals surface area (Å²) in [6.45, 7) is 34.4. The van der Waals surface area contributed by atoms with Crippen LogP contribution in [0.15, 0.2) is 141 Å². The Morgan fingerprint density at radius 1 is 0.420 bits per heavy atom. The van der Waals surface area contributed by atoms with Crippen molar-refractivity contribution in [3.63, 3.8) is 0 Å². The van der Waals surface area contributed by atoms with Crippen LogP contribution in [-0.4, -0.2) is 102 Å².